The van der Waals surface area contributed by atoms with Gasteiger partial charge in [0.25, 0.3) is 5.91 Å². The van der Waals surface area contributed by atoms with E-state index in [-0.39, 0.29) is 12.0 Å². The number of carbonyl (C=O) groups excluding carboxylic acids is 1. The van der Waals surface area contributed by atoms with E-state index < -0.39 is 0 Å². The van der Waals surface area contributed by atoms with Crippen LogP contribution in [-0.2, 0) is 11.4 Å². The molecule has 1 aliphatic rings. The van der Waals surface area contributed by atoms with Gasteiger partial charge in [0, 0.05) is 6.08 Å². The molecule has 4 nitrogen and oxygen atoms in total. The number of amides is 1. The second kappa shape index (κ2) is 9.31. The summed E-state index contributed by atoms with van der Waals surface area (Å²) < 4.78 is 11.9. The van der Waals surface area contributed by atoms with Crippen LogP contribution >= 0.6 is 0 Å². The molecule has 1 unspecified atom stereocenters. The number of hydrogen-bond donors (Lipinski definition) is 0. The minimum atomic E-state index is -0.0557. The van der Waals surface area contributed by atoms with Crippen molar-refractivity contribution in [1.82, 2.24) is 0 Å². The molecule has 1 amide bonds. The largest absolute Gasteiger partial charge is 0.489 e. The summed E-state index contributed by atoms with van der Waals surface area (Å²) in [5.41, 5.74) is 2.85. The molecular formula is C26H25NO3. The molecule has 30 heavy (non-hydrogen) atoms. The molecule has 0 spiro atoms. The van der Waals surface area contributed by atoms with Crippen LogP contribution in [0.5, 0.6) is 11.5 Å². The highest BCUT2D eigenvalue weighted by atomic mass is 16.5. The molecule has 0 fully saturated rings. The molecule has 3 aromatic carbocycles. The van der Waals surface area contributed by atoms with Crippen molar-refractivity contribution < 1.29 is 14.3 Å². The Balaban J connectivity index is 1.45. The van der Waals surface area contributed by atoms with Crippen molar-refractivity contribution >= 4 is 17.7 Å². The number of fused-ring (bicyclic) bond motifs is 1. The first-order valence-corrected chi connectivity index (χ1v) is 10.2. The van der Waals surface area contributed by atoms with Crippen LogP contribution < -0.4 is 14.4 Å². The third-order valence-electron chi connectivity index (χ3n) is 5.08. The lowest BCUT2D eigenvalue weighted by Gasteiger charge is -2.34. The number of rotatable bonds is 6. The quantitative estimate of drug-likeness (QED) is 0.515. The van der Waals surface area contributed by atoms with Crippen molar-refractivity contribution in [3.63, 3.8) is 0 Å². The van der Waals surface area contributed by atoms with E-state index in [1.165, 1.54) is 0 Å². The van der Waals surface area contributed by atoms with Crippen molar-refractivity contribution in [2.75, 3.05) is 11.4 Å². The van der Waals surface area contributed by atoms with Gasteiger partial charge in [-0.3, -0.25) is 4.79 Å². The SMILES string of the molecule is CCC1CN(C(=O)/C=C/c2cccc(OCc3ccccc3)c2)c2ccccc2O1. The van der Waals surface area contributed by atoms with Gasteiger partial charge in [-0.25, -0.2) is 0 Å². The first kappa shape index (κ1) is 19.8. The minimum absolute atomic E-state index is 0.00645. The van der Waals surface area contributed by atoms with E-state index in [1.807, 2.05) is 84.9 Å². The summed E-state index contributed by atoms with van der Waals surface area (Å²) in [6.07, 6.45) is 4.30. The topological polar surface area (TPSA) is 38.8 Å². The smallest absolute Gasteiger partial charge is 0.251 e. The van der Waals surface area contributed by atoms with Gasteiger partial charge in [-0.1, -0.05) is 61.5 Å². The Morgan fingerprint density at radius 2 is 1.87 bits per heavy atom. The van der Waals surface area contributed by atoms with Crippen LogP contribution in [0.25, 0.3) is 6.08 Å². The van der Waals surface area contributed by atoms with Crippen molar-refractivity contribution in [2.45, 2.75) is 26.1 Å². The number of para-hydroxylation sites is 2. The van der Waals surface area contributed by atoms with Gasteiger partial charge in [0.1, 0.15) is 24.2 Å². The van der Waals surface area contributed by atoms with Crippen molar-refractivity contribution in [3.8, 4) is 11.5 Å². The van der Waals surface area contributed by atoms with Crippen LogP contribution in [0.2, 0.25) is 0 Å². The van der Waals surface area contributed by atoms with Crippen LogP contribution in [0, 0.1) is 0 Å². The van der Waals surface area contributed by atoms with E-state index in [0.29, 0.717) is 13.2 Å². The van der Waals surface area contributed by atoms with Gasteiger partial charge in [0.2, 0.25) is 0 Å². The number of hydrogen-bond acceptors (Lipinski definition) is 3. The summed E-state index contributed by atoms with van der Waals surface area (Å²) in [4.78, 5) is 14.7. The van der Waals surface area contributed by atoms with Gasteiger partial charge in [-0.2, -0.15) is 0 Å². The van der Waals surface area contributed by atoms with Crippen LogP contribution in [0.4, 0.5) is 5.69 Å². The highest BCUT2D eigenvalue weighted by molar-refractivity contribution is 6.05. The van der Waals surface area contributed by atoms with Crippen molar-refractivity contribution in [2.24, 2.45) is 0 Å². The molecule has 0 bridgehead atoms. The lowest BCUT2D eigenvalue weighted by atomic mass is 10.1. The summed E-state index contributed by atoms with van der Waals surface area (Å²) in [5, 5.41) is 0. The Morgan fingerprint density at radius 1 is 1.07 bits per heavy atom. The number of carbonyl (C=O) groups is 1. The van der Waals surface area contributed by atoms with Gasteiger partial charge in [0.05, 0.1) is 12.2 Å². The molecule has 4 rings (SSSR count). The van der Waals surface area contributed by atoms with Gasteiger partial charge in [-0.05, 0) is 47.9 Å². The maximum Gasteiger partial charge on any atom is 0.251 e. The molecule has 0 radical (unpaired) electrons. The molecule has 0 N–H and O–H groups in total. The first-order valence-electron chi connectivity index (χ1n) is 10.2. The van der Waals surface area contributed by atoms with E-state index in [4.69, 9.17) is 9.47 Å². The molecule has 4 heteroatoms. The predicted octanol–water partition coefficient (Wildman–Crippen LogP) is 5.48. The molecule has 152 valence electrons. The monoisotopic (exact) mass is 399 g/mol. The highest BCUT2D eigenvalue weighted by Gasteiger charge is 2.27. The van der Waals surface area contributed by atoms with Gasteiger partial charge >= 0.3 is 0 Å². The molecule has 1 atom stereocenters. The Labute approximate surface area is 177 Å². The first-order chi connectivity index (χ1) is 14.7. The Bertz CT molecular complexity index is 1030. The van der Waals surface area contributed by atoms with E-state index in [2.05, 4.69) is 6.92 Å². The second-order valence-electron chi connectivity index (χ2n) is 7.24. The summed E-state index contributed by atoms with van der Waals surface area (Å²) in [6.45, 7) is 3.13. The Kier molecular flexibility index (Phi) is 6.14. The molecule has 0 aliphatic carbocycles. The Morgan fingerprint density at radius 3 is 2.70 bits per heavy atom. The normalized spacial score (nSPS) is 15.5. The summed E-state index contributed by atoms with van der Waals surface area (Å²) in [6, 6.07) is 25.5. The fourth-order valence-electron chi connectivity index (χ4n) is 3.43. The second-order valence-corrected chi connectivity index (χ2v) is 7.24. The fraction of sp³-hybridized carbons (Fsp3) is 0.192. The number of nitrogens with zero attached hydrogens (tertiary/aromatic N) is 1. The molecule has 1 aliphatic heterocycles. The zero-order valence-corrected chi connectivity index (χ0v) is 17.0. The van der Waals surface area contributed by atoms with E-state index in [0.717, 1.165) is 34.7 Å². The van der Waals surface area contributed by atoms with E-state index >= 15 is 0 Å². The lowest BCUT2D eigenvalue weighted by Crippen LogP contribution is -2.42. The Hall–Kier alpha value is -3.53. The fourth-order valence-corrected chi connectivity index (χ4v) is 3.43. The summed E-state index contributed by atoms with van der Waals surface area (Å²) in [5.74, 6) is 1.48. The lowest BCUT2D eigenvalue weighted by molar-refractivity contribution is -0.114. The van der Waals surface area contributed by atoms with Crippen LogP contribution in [0.1, 0.15) is 24.5 Å². The zero-order valence-electron chi connectivity index (χ0n) is 17.0. The maximum atomic E-state index is 12.9. The standard InChI is InChI=1S/C26H25NO3/c1-2-22-18-27(24-13-6-7-14-25(24)30-22)26(28)16-15-20-11-8-12-23(17-20)29-19-21-9-4-3-5-10-21/h3-17,22H,2,18-19H2,1H3/b16-15+. The van der Waals surface area contributed by atoms with Crippen LogP contribution in [0.15, 0.2) is 84.9 Å². The average molecular weight is 399 g/mol. The summed E-state index contributed by atoms with van der Waals surface area (Å²) in [7, 11) is 0. The highest BCUT2D eigenvalue weighted by Crippen LogP contribution is 2.34. The van der Waals surface area contributed by atoms with Gasteiger partial charge < -0.3 is 14.4 Å². The molecule has 0 aromatic heterocycles. The van der Waals surface area contributed by atoms with E-state index in [9.17, 15) is 4.79 Å². The molecule has 3 aromatic rings. The molecule has 1 heterocycles. The van der Waals surface area contributed by atoms with Gasteiger partial charge in [0.15, 0.2) is 0 Å². The summed E-state index contributed by atoms with van der Waals surface area (Å²) >= 11 is 0. The number of ether oxygens (including phenoxy) is 2. The molecule has 0 saturated carbocycles. The third-order valence-corrected chi connectivity index (χ3v) is 5.08. The molecule has 0 saturated heterocycles. The third kappa shape index (κ3) is 4.71. The van der Waals surface area contributed by atoms with Crippen LogP contribution in [-0.4, -0.2) is 18.6 Å². The van der Waals surface area contributed by atoms with Crippen molar-refractivity contribution in [3.05, 3.63) is 96.1 Å². The number of anilines is 1. The van der Waals surface area contributed by atoms with Crippen molar-refractivity contribution in [1.29, 1.82) is 0 Å². The maximum absolute atomic E-state index is 12.9. The number of benzene rings is 3. The zero-order chi connectivity index (χ0) is 20.8. The molecular weight excluding hydrogens is 374 g/mol. The van der Waals surface area contributed by atoms with Crippen LogP contribution in [0.3, 0.4) is 0 Å². The van der Waals surface area contributed by atoms with Gasteiger partial charge in [-0.15, -0.1) is 0 Å². The predicted molar refractivity (Wildman–Crippen MR) is 120 cm³/mol. The minimum Gasteiger partial charge on any atom is -0.489 e. The average Bonchev–Trinajstić information content (AvgIpc) is 2.81. The van der Waals surface area contributed by atoms with E-state index in [1.54, 1.807) is 11.0 Å².